The summed E-state index contributed by atoms with van der Waals surface area (Å²) >= 11 is 0. The quantitative estimate of drug-likeness (QED) is 0.657. The summed E-state index contributed by atoms with van der Waals surface area (Å²) in [5.41, 5.74) is 6.31. The average molecular weight is 240 g/mol. The molecule has 0 aromatic rings. The van der Waals surface area contributed by atoms with Gasteiger partial charge in [-0.25, -0.2) is 0 Å². The Labute approximate surface area is 108 Å². The smallest absolute Gasteiger partial charge is 0.0224 e. The molecule has 0 aromatic carbocycles. The van der Waals surface area contributed by atoms with Gasteiger partial charge in [-0.2, -0.15) is 0 Å². The molecule has 0 amide bonds. The molecule has 17 heavy (non-hydrogen) atoms. The van der Waals surface area contributed by atoms with E-state index >= 15 is 0 Å². The molecule has 2 atom stereocenters. The molecule has 1 fully saturated rings. The molecule has 2 nitrogen and oxygen atoms in total. The van der Waals surface area contributed by atoms with Crippen molar-refractivity contribution in [3.8, 4) is 0 Å². The van der Waals surface area contributed by atoms with Crippen molar-refractivity contribution in [2.24, 2.45) is 5.73 Å². The van der Waals surface area contributed by atoms with Crippen LogP contribution in [-0.2, 0) is 0 Å². The van der Waals surface area contributed by atoms with Gasteiger partial charge in [0.1, 0.15) is 0 Å². The van der Waals surface area contributed by atoms with Crippen molar-refractivity contribution in [1.29, 1.82) is 0 Å². The van der Waals surface area contributed by atoms with Crippen molar-refractivity contribution in [2.45, 2.75) is 83.7 Å². The second kappa shape index (κ2) is 7.38. The Kier molecular flexibility index (Phi) is 6.50. The predicted molar refractivity (Wildman–Crippen MR) is 76.2 cm³/mol. The van der Waals surface area contributed by atoms with Gasteiger partial charge in [0.2, 0.25) is 0 Å². The molecule has 0 spiro atoms. The van der Waals surface area contributed by atoms with Gasteiger partial charge in [-0.3, -0.25) is 4.90 Å². The van der Waals surface area contributed by atoms with Gasteiger partial charge in [-0.15, -0.1) is 0 Å². The van der Waals surface area contributed by atoms with Gasteiger partial charge in [0.05, 0.1) is 0 Å². The van der Waals surface area contributed by atoms with Crippen molar-refractivity contribution >= 4 is 0 Å². The van der Waals surface area contributed by atoms with Crippen LogP contribution in [0.25, 0.3) is 0 Å². The molecule has 1 saturated heterocycles. The summed E-state index contributed by atoms with van der Waals surface area (Å²) in [7, 11) is 0. The van der Waals surface area contributed by atoms with Gasteiger partial charge in [0.25, 0.3) is 0 Å². The van der Waals surface area contributed by atoms with E-state index in [2.05, 4.69) is 25.7 Å². The molecule has 0 aliphatic carbocycles. The van der Waals surface area contributed by atoms with Crippen LogP contribution < -0.4 is 5.73 Å². The largest absolute Gasteiger partial charge is 0.329 e. The Morgan fingerprint density at radius 2 is 2.00 bits per heavy atom. The van der Waals surface area contributed by atoms with Crippen molar-refractivity contribution < 1.29 is 0 Å². The highest BCUT2D eigenvalue weighted by molar-refractivity contribution is 4.93. The van der Waals surface area contributed by atoms with Crippen molar-refractivity contribution in [3.05, 3.63) is 0 Å². The third-order valence-corrected chi connectivity index (χ3v) is 4.67. The number of nitrogens with zero attached hydrogens (tertiary/aromatic N) is 1. The highest BCUT2D eigenvalue weighted by Crippen LogP contribution is 2.33. The molecule has 2 N–H and O–H groups in total. The van der Waals surface area contributed by atoms with Crippen LogP contribution in [0.4, 0.5) is 0 Å². The second-order valence-corrected chi connectivity index (χ2v) is 5.89. The molecule has 2 unspecified atom stereocenters. The van der Waals surface area contributed by atoms with Crippen LogP contribution >= 0.6 is 0 Å². The molecular weight excluding hydrogens is 208 g/mol. The number of rotatable bonds is 8. The van der Waals surface area contributed by atoms with Crippen molar-refractivity contribution in [3.63, 3.8) is 0 Å². The minimum atomic E-state index is 0.397. The topological polar surface area (TPSA) is 29.3 Å². The van der Waals surface area contributed by atoms with Gasteiger partial charge in [0.15, 0.2) is 0 Å². The van der Waals surface area contributed by atoms with E-state index < -0.39 is 0 Å². The van der Waals surface area contributed by atoms with E-state index in [-0.39, 0.29) is 0 Å². The van der Waals surface area contributed by atoms with E-state index in [0.29, 0.717) is 11.6 Å². The predicted octanol–water partition coefficient (Wildman–Crippen LogP) is 3.55. The third kappa shape index (κ3) is 3.96. The van der Waals surface area contributed by atoms with Crippen LogP contribution in [0.2, 0.25) is 0 Å². The molecule has 0 radical (unpaired) electrons. The Hall–Kier alpha value is -0.0800. The lowest BCUT2D eigenvalue weighted by atomic mass is 9.88. The first-order valence-corrected chi connectivity index (χ1v) is 7.64. The minimum absolute atomic E-state index is 0.397. The van der Waals surface area contributed by atoms with Crippen LogP contribution in [0.5, 0.6) is 0 Å². The summed E-state index contributed by atoms with van der Waals surface area (Å²) in [5.74, 6) is 0. The molecule has 0 bridgehead atoms. The molecule has 1 aliphatic rings. The molecular formula is C15H32N2. The fourth-order valence-electron chi connectivity index (χ4n) is 3.25. The molecule has 2 heteroatoms. The van der Waals surface area contributed by atoms with Gasteiger partial charge in [0, 0.05) is 18.1 Å². The third-order valence-electron chi connectivity index (χ3n) is 4.67. The fourth-order valence-corrected chi connectivity index (χ4v) is 3.25. The summed E-state index contributed by atoms with van der Waals surface area (Å²) in [5, 5.41) is 0. The van der Waals surface area contributed by atoms with Gasteiger partial charge in [-0.1, -0.05) is 39.5 Å². The van der Waals surface area contributed by atoms with Crippen LogP contribution in [0.15, 0.2) is 0 Å². The second-order valence-electron chi connectivity index (χ2n) is 5.89. The lowest BCUT2D eigenvalue weighted by molar-refractivity contribution is 0.0770. The standard InChI is InChI=1S/C15H32N2/c1-4-6-7-8-11-15(3,5-2)17-12-9-10-14(17)13-16/h14H,4-13,16H2,1-3H3. The van der Waals surface area contributed by atoms with Crippen molar-refractivity contribution in [2.75, 3.05) is 13.1 Å². The molecule has 0 aromatic heterocycles. The highest BCUT2D eigenvalue weighted by Gasteiger charge is 2.36. The molecule has 1 rings (SSSR count). The maximum atomic E-state index is 5.91. The van der Waals surface area contributed by atoms with Crippen molar-refractivity contribution in [1.82, 2.24) is 4.90 Å². The summed E-state index contributed by atoms with van der Waals surface area (Å²) in [6, 6.07) is 0.645. The molecule has 1 aliphatic heterocycles. The normalized spacial score (nSPS) is 25.1. The average Bonchev–Trinajstić information content (AvgIpc) is 2.83. The van der Waals surface area contributed by atoms with Crippen LogP contribution in [0.1, 0.15) is 72.1 Å². The van der Waals surface area contributed by atoms with Crippen LogP contribution in [-0.4, -0.2) is 29.6 Å². The zero-order valence-corrected chi connectivity index (χ0v) is 12.2. The van der Waals surface area contributed by atoms with E-state index in [0.717, 1.165) is 6.54 Å². The Morgan fingerprint density at radius 1 is 1.24 bits per heavy atom. The van der Waals surface area contributed by atoms with Gasteiger partial charge < -0.3 is 5.73 Å². The highest BCUT2D eigenvalue weighted by atomic mass is 15.2. The van der Waals surface area contributed by atoms with Gasteiger partial charge >= 0.3 is 0 Å². The summed E-state index contributed by atoms with van der Waals surface area (Å²) in [4.78, 5) is 2.71. The molecule has 1 heterocycles. The first-order valence-electron chi connectivity index (χ1n) is 7.64. The molecule has 102 valence electrons. The van der Waals surface area contributed by atoms with Gasteiger partial charge in [-0.05, 0) is 39.2 Å². The maximum Gasteiger partial charge on any atom is 0.0224 e. The summed E-state index contributed by atoms with van der Waals surface area (Å²) in [6.07, 6.45) is 10.8. The summed E-state index contributed by atoms with van der Waals surface area (Å²) < 4.78 is 0. The first kappa shape index (κ1) is 15.0. The van der Waals surface area contributed by atoms with Crippen LogP contribution in [0.3, 0.4) is 0 Å². The zero-order valence-electron chi connectivity index (χ0n) is 12.2. The van der Waals surface area contributed by atoms with E-state index in [1.807, 2.05) is 0 Å². The van der Waals surface area contributed by atoms with E-state index in [4.69, 9.17) is 5.73 Å². The first-order chi connectivity index (χ1) is 8.18. The lowest BCUT2D eigenvalue weighted by Crippen LogP contribution is -2.50. The number of nitrogens with two attached hydrogens (primary N) is 1. The minimum Gasteiger partial charge on any atom is -0.329 e. The Bertz CT molecular complexity index is 205. The lowest BCUT2D eigenvalue weighted by Gasteiger charge is -2.42. The van der Waals surface area contributed by atoms with E-state index in [9.17, 15) is 0 Å². The SMILES string of the molecule is CCCCCCC(C)(CC)N1CCCC1CN. The molecule has 0 saturated carbocycles. The number of unbranched alkanes of at least 4 members (excludes halogenated alkanes) is 3. The van der Waals surface area contributed by atoms with E-state index in [1.54, 1.807) is 0 Å². The number of hydrogen-bond donors (Lipinski definition) is 1. The van der Waals surface area contributed by atoms with Crippen LogP contribution in [0, 0.1) is 0 Å². The number of likely N-dealkylation sites (tertiary alicyclic amines) is 1. The summed E-state index contributed by atoms with van der Waals surface area (Å²) in [6.45, 7) is 9.17. The zero-order chi connectivity index (χ0) is 12.7. The Morgan fingerprint density at radius 3 is 2.59 bits per heavy atom. The number of hydrogen-bond acceptors (Lipinski definition) is 2. The Balaban J connectivity index is 2.48. The monoisotopic (exact) mass is 240 g/mol. The van der Waals surface area contributed by atoms with E-state index in [1.165, 1.54) is 57.9 Å². The maximum absolute atomic E-state index is 5.91. The fraction of sp³-hybridized carbons (Fsp3) is 1.00.